The van der Waals surface area contributed by atoms with Gasteiger partial charge in [0.05, 0.1) is 13.2 Å². The van der Waals surface area contributed by atoms with Gasteiger partial charge in [0.25, 0.3) is 0 Å². The van der Waals surface area contributed by atoms with Crippen LogP contribution in [0.1, 0.15) is 84.5 Å². The molecular formula is C20H37BrO3. The van der Waals surface area contributed by atoms with Gasteiger partial charge in [-0.1, -0.05) is 80.5 Å². The van der Waals surface area contributed by atoms with Crippen molar-refractivity contribution < 1.29 is 14.3 Å². The highest BCUT2D eigenvalue weighted by Gasteiger charge is 2.19. The number of halogens is 1. The highest BCUT2D eigenvalue weighted by atomic mass is 79.9. The van der Waals surface area contributed by atoms with Gasteiger partial charge in [0, 0.05) is 5.33 Å². The van der Waals surface area contributed by atoms with E-state index in [1.807, 2.05) is 6.08 Å². The van der Waals surface area contributed by atoms with Gasteiger partial charge in [0.15, 0.2) is 6.10 Å². The fourth-order valence-corrected chi connectivity index (χ4v) is 2.74. The molecule has 1 unspecified atom stereocenters. The summed E-state index contributed by atoms with van der Waals surface area (Å²) in [4.78, 5) is 12.2. The molecule has 0 heterocycles. The smallest absolute Gasteiger partial charge is 0.335 e. The predicted octanol–water partition coefficient (Wildman–Crippen LogP) is 6.20. The van der Waals surface area contributed by atoms with Crippen LogP contribution in [0.4, 0.5) is 0 Å². The Morgan fingerprint density at radius 3 is 2.42 bits per heavy atom. The Morgan fingerprint density at radius 2 is 1.71 bits per heavy atom. The van der Waals surface area contributed by atoms with Crippen molar-refractivity contribution in [3.8, 4) is 0 Å². The molecule has 0 aliphatic heterocycles. The molecule has 0 saturated carbocycles. The lowest BCUT2D eigenvalue weighted by atomic mass is 10.1. The molecule has 0 N–H and O–H groups in total. The Balaban J connectivity index is 3.94. The van der Waals surface area contributed by atoms with E-state index in [2.05, 4.69) is 35.9 Å². The van der Waals surface area contributed by atoms with E-state index in [1.54, 1.807) is 0 Å². The van der Waals surface area contributed by atoms with Crippen LogP contribution in [0.3, 0.4) is 0 Å². The van der Waals surface area contributed by atoms with E-state index in [1.165, 1.54) is 32.1 Å². The average Bonchev–Trinajstić information content (AvgIpc) is 2.59. The number of allylic oxidation sites excluding steroid dienone is 1. The van der Waals surface area contributed by atoms with Crippen LogP contribution in [0.15, 0.2) is 12.2 Å². The predicted molar refractivity (Wildman–Crippen MR) is 106 cm³/mol. The van der Waals surface area contributed by atoms with Crippen molar-refractivity contribution >= 4 is 21.9 Å². The zero-order valence-corrected chi connectivity index (χ0v) is 17.3. The molecule has 0 bridgehead atoms. The lowest BCUT2D eigenvalue weighted by Crippen LogP contribution is -2.27. The number of hydrogen-bond acceptors (Lipinski definition) is 3. The molecule has 3 nitrogen and oxygen atoms in total. The van der Waals surface area contributed by atoms with Gasteiger partial charge in [-0.15, -0.1) is 0 Å². The summed E-state index contributed by atoms with van der Waals surface area (Å²) in [6.45, 7) is 5.35. The van der Waals surface area contributed by atoms with Gasteiger partial charge in [0.1, 0.15) is 0 Å². The molecule has 0 aliphatic carbocycles. The van der Waals surface area contributed by atoms with E-state index in [0.29, 0.717) is 13.2 Å². The molecule has 0 aliphatic rings. The Morgan fingerprint density at radius 1 is 0.958 bits per heavy atom. The molecule has 0 aromatic heterocycles. The van der Waals surface area contributed by atoms with Crippen LogP contribution < -0.4 is 0 Å². The van der Waals surface area contributed by atoms with Gasteiger partial charge in [-0.05, 0) is 32.1 Å². The minimum Gasteiger partial charge on any atom is -0.464 e. The molecule has 0 spiro atoms. The normalized spacial score (nSPS) is 12.6. The summed E-state index contributed by atoms with van der Waals surface area (Å²) in [6.07, 6.45) is 15.8. The minimum absolute atomic E-state index is 0.191. The summed E-state index contributed by atoms with van der Waals surface area (Å²) in [6, 6.07) is 0. The number of unbranched alkanes of at least 4 members (excludes halogenated alkanes) is 7. The summed E-state index contributed by atoms with van der Waals surface area (Å²) in [5, 5.41) is 1.05. The minimum atomic E-state index is -0.409. The first kappa shape index (κ1) is 23.6. The Hall–Kier alpha value is -0.350. The fraction of sp³-hybridized carbons (Fsp3) is 0.850. The van der Waals surface area contributed by atoms with Crippen molar-refractivity contribution in [1.29, 1.82) is 0 Å². The summed E-state index contributed by atoms with van der Waals surface area (Å²) in [5.74, 6) is -0.191. The summed E-state index contributed by atoms with van der Waals surface area (Å²) in [5.41, 5.74) is 0. The molecule has 1 atom stereocenters. The van der Waals surface area contributed by atoms with Crippen LogP contribution >= 0.6 is 15.9 Å². The standard InChI is InChI=1S/C20H37BrO3/c1-3-5-7-8-10-13-17-23-19(15-6-4-2)20(22)24-18-14-11-9-12-16-21/h10,13,19H,3-9,11-12,14-18H2,1-2H3/b13-10+. The molecule has 0 aromatic rings. The molecule has 0 radical (unpaired) electrons. The first-order valence-electron chi connectivity index (χ1n) is 9.75. The molecule has 0 amide bonds. The molecule has 4 heteroatoms. The Kier molecular flexibility index (Phi) is 18.7. The largest absolute Gasteiger partial charge is 0.464 e. The fourth-order valence-electron chi connectivity index (χ4n) is 2.34. The third kappa shape index (κ3) is 15.2. The summed E-state index contributed by atoms with van der Waals surface area (Å²) in [7, 11) is 0. The van der Waals surface area contributed by atoms with Gasteiger partial charge >= 0.3 is 5.97 Å². The SMILES string of the molecule is CCCCC/C=C/COC(CCCC)C(=O)OCCCCCCBr. The zero-order valence-electron chi connectivity index (χ0n) is 15.7. The summed E-state index contributed by atoms with van der Waals surface area (Å²) >= 11 is 3.42. The number of rotatable bonds is 17. The number of carbonyl (C=O) groups is 1. The van der Waals surface area contributed by atoms with Crippen molar-refractivity contribution in [2.45, 2.75) is 90.6 Å². The van der Waals surface area contributed by atoms with E-state index in [9.17, 15) is 4.79 Å². The van der Waals surface area contributed by atoms with Gasteiger partial charge in [-0.25, -0.2) is 4.79 Å². The molecule has 0 fully saturated rings. The van der Waals surface area contributed by atoms with Crippen molar-refractivity contribution in [2.75, 3.05) is 18.5 Å². The van der Waals surface area contributed by atoms with E-state index in [-0.39, 0.29) is 5.97 Å². The second kappa shape index (κ2) is 19.0. The number of esters is 1. The van der Waals surface area contributed by atoms with Crippen LogP contribution in [0, 0.1) is 0 Å². The summed E-state index contributed by atoms with van der Waals surface area (Å²) < 4.78 is 11.1. The van der Waals surface area contributed by atoms with Gasteiger partial charge in [-0.3, -0.25) is 0 Å². The monoisotopic (exact) mass is 404 g/mol. The van der Waals surface area contributed by atoms with Gasteiger partial charge < -0.3 is 9.47 Å². The number of carbonyl (C=O) groups excluding carboxylic acids is 1. The molecule has 24 heavy (non-hydrogen) atoms. The quantitative estimate of drug-likeness (QED) is 0.125. The third-order valence-electron chi connectivity index (χ3n) is 3.89. The van der Waals surface area contributed by atoms with Crippen molar-refractivity contribution in [1.82, 2.24) is 0 Å². The van der Waals surface area contributed by atoms with E-state index >= 15 is 0 Å². The first-order valence-corrected chi connectivity index (χ1v) is 10.9. The molecule has 0 saturated heterocycles. The lowest BCUT2D eigenvalue weighted by Gasteiger charge is -2.15. The number of ether oxygens (including phenoxy) is 2. The van der Waals surface area contributed by atoms with Crippen LogP contribution in [-0.4, -0.2) is 30.6 Å². The van der Waals surface area contributed by atoms with Crippen molar-refractivity contribution in [3.63, 3.8) is 0 Å². The maximum absolute atomic E-state index is 12.2. The van der Waals surface area contributed by atoms with Gasteiger partial charge in [0.2, 0.25) is 0 Å². The van der Waals surface area contributed by atoms with Crippen molar-refractivity contribution in [3.05, 3.63) is 12.2 Å². The molecule has 0 rings (SSSR count). The Labute approximate surface area is 157 Å². The zero-order chi connectivity index (χ0) is 17.9. The molecule has 0 aromatic carbocycles. The van der Waals surface area contributed by atoms with Crippen LogP contribution in [0.5, 0.6) is 0 Å². The van der Waals surface area contributed by atoms with Crippen LogP contribution in [-0.2, 0) is 14.3 Å². The maximum atomic E-state index is 12.2. The third-order valence-corrected chi connectivity index (χ3v) is 4.45. The first-order chi connectivity index (χ1) is 11.8. The van der Waals surface area contributed by atoms with Gasteiger partial charge in [-0.2, -0.15) is 0 Å². The van der Waals surface area contributed by atoms with E-state index < -0.39 is 6.10 Å². The van der Waals surface area contributed by atoms with E-state index in [4.69, 9.17) is 9.47 Å². The number of alkyl halides is 1. The van der Waals surface area contributed by atoms with Crippen molar-refractivity contribution in [2.24, 2.45) is 0 Å². The maximum Gasteiger partial charge on any atom is 0.335 e. The topological polar surface area (TPSA) is 35.5 Å². The lowest BCUT2D eigenvalue weighted by molar-refractivity contribution is -0.157. The highest BCUT2D eigenvalue weighted by molar-refractivity contribution is 9.09. The molecular weight excluding hydrogens is 368 g/mol. The Bertz CT molecular complexity index is 305. The second-order valence-corrected chi connectivity index (χ2v) is 7.00. The van der Waals surface area contributed by atoms with Crippen LogP contribution in [0.2, 0.25) is 0 Å². The van der Waals surface area contributed by atoms with Crippen LogP contribution in [0.25, 0.3) is 0 Å². The number of hydrogen-bond donors (Lipinski definition) is 0. The van der Waals surface area contributed by atoms with E-state index in [0.717, 1.165) is 43.9 Å². The molecule has 142 valence electrons. The highest BCUT2D eigenvalue weighted by Crippen LogP contribution is 2.09. The average molecular weight is 405 g/mol. The second-order valence-electron chi connectivity index (χ2n) is 6.20.